The van der Waals surface area contributed by atoms with Crippen molar-refractivity contribution in [2.24, 2.45) is 11.8 Å². The van der Waals surface area contributed by atoms with Gasteiger partial charge in [-0.3, -0.25) is 29.1 Å². The highest BCUT2D eigenvalue weighted by Gasteiger charge is 2.29. The number of carbonyl (C=O) groups is 2. The highest BCUT2D eigenvalue weighted by Crippen LogP contribution is 2.33. The van der Waals surface area contributed by atoms with Crippen LogP contribution in [0.15, 0.2) is 24.8 Å². The molecule has 0 aliphatic heterocycles. The maximum absolute atomic E-state index is 11.4. The molecule has 2 aliphatic carbocycles. The molecule has 0 unspecified atom stereocenters. The van der Waals surface area contributed by atoms with Crippen LogP contribution < -0.4 is 5.73 Å². The first-order chi connectivity index (χ1) is 16.3. The maximum atomic E-state index is 11.4. The van der Waals surface area contributed by atoms with Crippen molar-refractivity contribution in [1.29, 1.82) is 0 Å². The predicted octanol–water partition coefficient (Wildman–Crippen LogP) is 3.07. The summed E-state index contributed by atoms with van der Waals surface area (Å²) in [5.74, 6) is -0.232. The lowest BCUT2D eigenvalue weighted by Gasteiger charge is -2.26. The predicted molar refractivity (Wildman–Crippen MR) is 122 cm³/mol. The fraction of sp³-hybridized carbons (Fsp3) is 0.636. The molecule has 0 bridgehead atoms. The highest BCUT2D eigenvalue weighted by molar-refractivity contribution is 5.72. The molecule has 0 aromatic carbocycles. The van der Waals surface area contributed by atoms with Crippen LogP contribution in [-0.4, -0.2) is 50.6 Å². The summed E-state index contributed by atoms with van der Waals surface area (Å²) in [6.07, 6.45) is 12.9. The van der Waals surface area contributed by atoms with Crippen LogP contribution >= 0.6 is 0 Å². The number of nitrogens with zero attached hydrogens (tertiary/aromatic N) is 5. The summed E-state index contributed by atoms with van der Waals surface area (Å²) >= 11 is 0. The molecule has 4 rings (SSSR count). The molecule has 0 spiro atoms. The Hall–Kier alpha value is -3.44. The molecule has 2 aliphatic rings. The third-order valence-corrected chi connectivity index (χ3v) is 6.63. The summed E-state index contributed by atoms with van der Waals surface area (Å²) in [4.78, 5) is 32.8. The Morgan fingerprint density at radius 1 is 0.882 bits per heavy atom. The van der Waals surface area contributed by atoms with Crippen LogP contribution in [0.4, 0.5) is 11.4 Å². The van der Waals surface area contributed by atoms with Gasteiger partial charge in [-0.05, 0) is 51.4 Å². The van der Waals surface area contributed by atoms with Gasteiger partial charge < -0.3 is 15.2 Å². The molecular formula is C22H32N6O6. The zero-order chi connectivity index (χ0) is 24.7. The van der Waals surface area contributed by atoms with E-state index in [4.69, 9.17) is 15.2 Å². The number of rotatable bonds is 5. The van der Waals surface area contributed by atoms with E-state index in [1.807, 2.05) is 10.9 Å². The zero-order valence-corrected chi connectivity index (χ0v) is 19.5. The number of anilines is 1. The Morgan fingerprint density at radius 2 is 1.32 bits per heavy atom. The van der Waals surface area contributed by atoms with Crippen LogP contribution in [0.25, 0.3) is 0 Å². The van der Waals surface area contributed by atoms with Gasteiger partial charge in [-0.25, -0.2) is 0 Å². The summed E-state index contributed by atoms with van der Waals surface area (Å²) < 4.78 is 13.0. The van der Waals surface area contributed by atoms with Gasteiger partial charge in [0.05, 0.1) is 54.9 Å². The van der Waals surface area contributed by atoms with E-state index in [9.17, 15) is 19.7 Å². The average Bonchev–Trinajstić information content (AvgIpc) is 3.53. The number of nitrogens with two attached hydrogens (primary N) is 1. The molecule has 2 aromatic heterocycles. The topological polar surface area (TPSA) is 157 Å². The van der Waals surface area contributed by atoms with Crippen molar-refractivity contribution in [2.45, 2.75) is 63.5 Å². The van der Waals surface area contributed by atoms with Gasteiger partial charge in [0, 0.05) is 6.20 Å². The van der Waals surface area contributed by atoms with E-state index in [0.717, 1.165) is 51.4 Å². The number of nitrogen functional groups attached to an aromatic ring is 1. The Morgan fingerprint density at radius 3 is 1.68 bits per heavy atom. The second kappa shape index (κ2) is 11.6. The van der Waals surface area contributed by atoms with E-state index in [2.05, 4.69) is 10.2 Å². The summed E-state index contributed by atoms with van der Waals surface area (Å²) in [5.41, 5.74) is 6.32. The van der Waals surface area contributed by atoms with Crippen molar-refractivity contribution in [2.75, 3.05) is 20.0 Å². The summed E-state index contributed by atoms with van der Waals surface area (Å²) in [6.45, 7) is 0. The molecule has 0 saturated heterocycles. The molecule has 0 amide bonds. The van der Waals surface area contributed by atoms with Crippen molar-refractivity contribution >= 4 is 23.3 Å². The largest absolute Gasteiger partial charge is 0.469 e. The van der Waals surface area contributed by atoms with Gasteiger partial charge >= 0.3 is 17.6 Å². The summed E-state index contributed by atoms with van der Waals surface area (Å²) in [7, 11) is 2.84. The van der Waals surface area contributed by atoms with Gasteiger partial charge in [-0.1, -0.05) is 0 Å². The molecule has 2 heterocycles. The van der Waals surface area contributed by atoms with E-state index in [-0.39, 0.29) is 35.5 Å². The number of hydrogen-bond acceptors (Lipinski definition) is 9. The maximum Gasteiger partial charge on any atom is 0.308 e. The molecule has 186 valence electrons. The van der Waals surface area contributed by atoms with E-state index >= 15 is 0 Å². The first-order valence-corrected chi connectivity index (χ1v) is 11.5. The van der Waals surface area contributed by atoms with Crippen LogP contribution in [0.2, 0.25) is 0 Å². The molecule has 0 atom stereocenters. The lowest BCUT2D eigenvalue weighted by Crippen LogP contribution is -2.24. The van der Waals surface area contributed by atoms with Crippen molar-refractivity contribution in [3.05, 3.63) is 34.9 Å². The van der Waals surface area contributed by atoms with Gasteiger partial charge in [0.1, 0.15) is 12.4 Å². The second-order valence-corrected chi connectivity index (χ2v) is 8.75. The fourth-order valence-corrected chi connectivity index (χ4v) is 4.66. The third-order valence-electron chi connectivity index (χ3n) is 6.63. The van der Waals surface area contributed by atoms with E-state index < -0.39 is 4.92 Å². The standard InChI is InChI=1S/C11H15N3O4.C11H17N3O2/c1-18-11(15)8-2-4-9(5-3-8)13-7-10(6-12-13)14(16)17;1-16-11(15)8-2-4-10(5-3-8)14-7-9(12)6-13-14/h6-9H,2-5H2,1H3;6-8,10H,2-5,12H2,1H3. The number of methoxy groups -OCH3 is 2. The van der Waals surface area contributed by atoms with Gasteiger partial charge in [0.15, 0.2) is 0 Å². The lowest BCUT2D eigenvalue weighted by atomic mass is 9.86. The number of carbonyl (C=O) groups excluding carboxylic acids is 2. The minimum Gasteiger partial charge on any atom is -0.469 e. The van der Waals surface area contributed by atoms with Crippen LogP contribution in [-0.2, 0) is 19.1 Å². The molecule has 12 nitrogen and oxygen atoms in total. The monoisotopic (exact) mass is 476 g/mol. The highest BCUT2D eigenvalue weighted by atomic mass is 16.6. The van der Waals surface area contributed by atoms with Crippen LogP contribution in [0, 0.1) is 22.0 Å². The molecule has 34 heavy (non-hydrogen) atoms. The van der Waals surface area contributed by atoms with Crippen LogP contribution in [0.5, 0.6) is 0 Å². The number of esters is 2. The van der Waals surface area contributed by atoms with Crippen molar-refractivity contribution < 1.29 is 24.0 Å². The van der Waals surface area contributed by atoms with Gasteiger partial charge in [0.2, 0.25) is 0 Å². The Labute approximate surface area is 197 Å². The first kappa shape index (κ1) is 25.2. The van der Waals surface area contributed by atoms with Crippen molar-refractivity contribution in [1.82, 2.24) is 19.6 Å². The number of aromatic nitrogens is 4. The van der Waals surface area contributed by atoms with E-state index in [1.54, 1.807) is 10.9 Å². The van der Waals surface area contributed by atoms with Crippen molar-refractivity contribution in [3.63, 3.8) is 0 Å². The second-order valence-electron chi connectivity index (χ2n) is 8.75. The molecule has 2 N–H and O–H groups in total. The molecule has 2 aromatic rings. The summed E-state index contributed by atoms with van der Waals surface area (Å²) in [6, 6.07) is 0.512. The minimum absolute atomic E-state index is 0.00471. The zero-order valence-electron chi connectivity index (χ0n) is 19.5. The molecule has 2 saturated carbocycles. The molecule has 0 radical (unpaired) electrons. The van der Waals surface area contributed by atoms with E-state index in [1.165, 1.54) is 26.6 Å². The summed E-state index contributed by atoms with van der Waals surface area (Å²) in [5, 5.41) is 18.8. The molecule has 2 fully saturated rings. The Balaban J connectivity index is 0.000000192. The number of nitro groups is 1. The fourth-order valence-electron chi connectivity index (χ4n) is 4.66. The number of hydrogen-bond donors (Lipinski definition) is 1. The molecular weight excluding hydrogens is 444 g/mol. The quantitative estimate of drug-likeness (QED) is 0.389. The van der Waals surface area contributed by atoms with E-state index in [0.29, 0.717) is 11.7 Å². The first-order valence-electron chi connectivity index (χ1n) is 11.5. The Bertz CT molecular complexity index is 972. The smallest absolute Gasteiger partial charge is 0.308 e. The third kappa shape index (κ3) is 6.33. The van der Waals surface area contributed by atoms with Crippen LogP contribution in [0.1, 0.15) is 63.5 Å². The lowest BCUT2D eigenvalue weighted by molar-refractivity contribution is -0.385. The van der Waals surface area contributed by atoms with Gasteiger partial charge in [0.25, 0.3) is 0 Å². The average molecular weight is 477 g/mol. The Kier molecular flexibility index (Phi) is 8.61. The van der Waals surface area contributed by atoms with Gasteiger partial charge in [-0.15, -0.1) is 0 Å². The SMILES string of the molecule is COC(=O)C1CCC(n2cc(N)cn2)CC1.COC(=O)C1CCC(n2cc([N+](=O)[O-])cn2)CC1. The van der Waals surface area contributed by atoms with Gasteiger partial charge in [-0.2, -0.15) is 10.2 Å². The minimum atomic E-state index is -0.455. The number of ether oxygens (including phenoxy) is 2. The van der Waals surface area contributed by atoms with Crippen LogP contribution in [0.3, 0.4) is 0 Å². The normalized spacial score (nSPS) is 24.4. The van der Waals surface area contributed by atoms with Crippen molar-refractivity contribution in [3.8, 4) is 0 Å². The molecule has 12 heteroatoms.